The van der Waals surface area contributed by atoms with Gasteiger partial charge in [0.1, 0.15) is 11.4 Å². The molecule has 0 aliphatic carbocycles. The van der Waals surface area contributed by atoms with Gasteiger partial charge in [-0.2, -0.15) is 0 Å². The Morgan fingerprint density at radius 1 is 0.939 bits per heavy atom. The number of benzene rings is 4. The third kappa shape index (κ3) is 9.89. The van der Waals surface area contributed by atoms with Crippen molar-refractivity contribution in [3.63, 3.8) is 0 Å². The van der Waals surface area contributed by atoms with Crippen LogP contribution in [-0.4, -0.2) is 71.8 Å². The van der Waals surface area contributed by atoms with Crippen molar-refractivity contribution in [3.8, 4) is 16.9 Å². The Hall–Kier alpha value is -5.23. The van der Waals surface area contributed by atoms with E-state index in [0.29, 0.717) is 55.7 Å². The highest BCUT2D eigenvalue weighted by Crippen LogP contribution is 2.30. The molecule has 1 saturated heterocycles. The maximum absolute atomic E-state index is 12.9. The molecule has 0 aromatic heterocycles. The predicted molar refractivity (Wildman–Crippen MR) is 189 cm³/mol. The second kappa shape index (κ2) is 16.7. The number of para-hydroxylation sites is 1. The van der Waals surface area contributed by atoms with Crippen LogP contribution in [0.3, 0.4) is 0 Å². The first-order chi connectivity index (χ1) is 23.7. The maximum atomic E-state index is 12.9. The monoisotopic (exact) mass is 665 g/mol. The van der Waals surface area contributed by atoms with Crippen LogP contribution in [0.15, 0.2) is 97.1 Å². The lowest BCUT2D eigenvalue weighted by atomic mass is 9.93. The van der Waals surface area contributed by atoms with Gasteiger partial charge in [0.25, 0.3) is 5.91 Å². The normalized spacial score (nSPS) is 14.7. The van der Waals surface area contributed by atoms with E-state index in [0.717, 1.165) is 29.8 Å². The van der Waals surface area contributed by atoms with Gasteiger partial charge < -0.3 is 35.8 Å². The van der Waals surface area contributed by atoms with Crippen molar-refractivity contribution >= 4 is 29.8 Å². The van der Waals surface area contributed by atoms with Crippen molar-refractivity contribution < 1.29 is 29.3 Å². The third-order valence-electron chi connectivity index (χ3n) is 8.72. The molecule has 5 rings (SSSR count). The number of hydrogen-bond donors (Lipinski definition) is 6. The first-order valence-electron chi connectivity index (χ1n) is 16.4. The van der Waals surface area contributed by atoms with E-state index in [2.05, 4.69) is 26.2 Å². The van der Waals surface area contributed by atoms with Crippen LogP contribution in [0, 0.1) is 0 Å². The Kier molecular flexibility index (Phi) is 12.0. The zero-order chi connectivity index (χ0) is 34.6. The van der Waals surface area contributed by atoms with Crippen molar-refractivity contribution in [3.05, 3.63) is 114 Å². The Morgan fingerprint density at radius 3 is 2.39 bits per heavy atom. The molecule has 6 N–H and O–H groups in total. The van der Waals surface area contributed by atoms with Crippen molar-refractivity contribution in [2.75, 3.05) is 43.4 Å². The van der Waals surface area contributed by atoms with Gasteiger partial charge in [0.2, 0.25) is 6.41 Å². The second-order valence-electron chi connectivity index (χ2n) is 12.4. The Bertz CT molecular complexity index is 1710. The number of amides is 3. The number of phenols is 1. The summed E-state index contributed by atoms with van der Waals surface area (Å²) in [5, 5.41) is 31.8. The van der Waals surface area contributed by atoms with Crippen molar-refractivity contribution in [1.82, 2.24) is 15.5 Å². The summed E-state index contributed by atoms with van der Waals surface area (Å²) in [6.45, 7) is 5.39. The number of piperidine rings is 1. The van der Waals surface area contributed by atoms with Gasteiger partial charge in [0, 0.05) is 50.4 Å². The molecule has 1 fully saturated rings. The van der Waals surface area contributed by atoms with Crippen LogP contribution in [0.2, 0.25) is 0 Å². The van der Waals surface area contributed by atoms with Crippen LogP contribution < -0.4 is 21.3 Å². The number of anilines is 2. The van der Waals surface area contributed by atoms with Gasteiger partial charge in [-0.15, -0.1) is 0 Å². The number of aromatic hydroxyl groups is 1. The molecule has 0 saturated carbocycles. The molecule has 0 unspecified atom stereocenters. The number of likely N-dealkylation sites (tertiary alicyclic amines) is 1. The zero-order valence-electron chi connectivity index (χ0n) is 27.5. The molecule has 1 aliphatic heterocycles. The quantitative estimate of drug-likeness (QED) is 0.0786. The summed E-state index contributed by atoms with van der Waals surface area (Å²) in [6, 6.07) is 29.4. The number of rotatable bonds is 14. The molecule has 0 spiro atoms. The van der Waals surface area contributed by atoms with E-state index in [4.69, 9.17) is 4.74 Å². The number of aliphatic hydroxyl groups excluding tert-OH is 1. The smallest absolute Gasteiger partial charge is 0.412 e. The minimum atomic E-state index is -0.841. The molecule has 1 atom stereocenters. The summed E-state index contributed by atoms with van der Waals surface area (Å²) in [7, 11) is 0. The summed E-state index contributed by atoms with van der Waals surface area (Å²) in [5.41, 5.74) is 4.36. The summed E-state index contributed by atoms with van der Waals surface area (Å²) >= 11 is 0. The lowest BCUT2D eigenvalue weighted by Crippen LogP contribution is -2.47. The average molecular weight is 666 g/mol. The van der Waals surface area contributed by atoms with Crippen molar-refractivity contribution in [2.45, 2.75) is 38.0 Å². The van der Waals surface area contributed by atoms with E-state index in [-0.39, 0.29) is 23.9 Å². The minimum Gasteiger partial charge on any atom is -0.506 e. The summed E-state index contributed by atoms with van der Waals surface area (Å²) in [4.78, 5) is 38.6. The van der Waals surface area contributed by atoms with E-state index < -0.39 is 17.8 Å². The highest BCUT2D eigenvalue weighted by atomic mass is 16.6. The molecule has 1 heterocycles. The third-order valence-corrected chi connectivity index (χ3v) is 8.72. The number of hydrogen-bond acceptors (Lipinski definition) is 8. The molecule has 1 aliphatic rings. The van der Waals surface area contributed by atoms with E-state index >= 15 is 0 Å². The highest BCUT2D eigenvalue weighted by molar-refractivity contribution is 5.94. The number of nitrogens with zero attached hydrogens (tertiary/aromatic N) is 1. The van der Waals surface area contributed by atoms with Crippen molar-refractivity contribution in [1.29, 1.82) is 0 Å². The molecule has 11 heteroatoms. The Morgan fingerprint density at radius 2 is 1.65 bits per heavy atom. The molecule has 256 valence electrons. The highest BCUT2D eigenvalue weighted by Gasteiger charge is 2.33. The first-order valence-corrected chi connectivity index (χ1v) is 16.4. The fourth-order valence-corrected chi connectivity index (χ4v) is 5.79. The van der Waals surface area contributed by atoms with Gasteiger partial charge in [-0.1, -0.05) is 66.7 Å². The van der Waals surface area contributed by atoms with Crippen LogP contribution in [-0.2, 0) is 16.1 Å². The predicted octanol–water partition coefficient (Wildman–Crippen LogP) is 5.28. The van der Waals surface area contributed by atoms with Crippen LogP contribution in [0.5, 0.6) is 5.75 Å². The number of ether oxygens (including phenoxy) is 1. The standard InChI is InChI=1S/C38H43N5O6/c1-38(49-37(48)42-32-10-6-5-9-31(32)28-7-3-2-4-8-28)17-20-43(21-18-38)22-19-40-36(47)29-13-11-27(12-14-29)24-39-25-35(46)30-15-16-34(45)33(23-30)41-26-44/h2-16,23,26,35,39,45-46H,17-22,24-25H2,1H3,(H,40,47)(H,41,44)(H,42,48)/t35-/m0/s1. The van der Waals surface area contributed by atoms with Crippen LogP contribution in [0.1, 0.15) is 47.4 Å². The first kappa shape index (κ1) is 35.1. The lowest BCUT2D eigenvalue weighted by molar-refractivity contribution is -0.105. The summed E-state index contributed by atoms with van der Waals surface area (Å²) < 4.78 is 5.92. The fourth-order valence-electron chi connectivity index (χ4n) is 5.79. The SMILES string of the molecule is CC1(OC(=O)Nc2ccccc2-c2ccccc2)CCN(CCNC(=O)c2ccc(CNC[C@H](O)c3ccc(O)c(NC=O)c3)cc2)CC1. The minimum absolute atomic E-state index is 0.0788. The largest absolute Gasteiger partial charge is 0.506 e. The zero-order valence-corrected chi connectivity index (χ0v) is 27.5. The summed E-state index contributed by atoms with van der Waals surface area (Å²) in [6.07, 6.45) is 0.532. The van der Waals surface area contributed by atoms with Gasteiger partial charge in [-0.25, -0.2) is 4.79 Å². The molecule has 0 bridgehead atoms. The number of carbonyl (C=O) groups excluding carboxylic acids is 3. The van der Waals surface area contributed by atoms with Crippen LogP contribution in [0.25, 0.3) is 11.1 Å². The van der Waals surface area contributed by atoms with Gasteiger partial charge in [-0.05, 0) is 66.8 Å². The van der Waals surface area contributed by atoms with Gasteiger partial charge in [0.05, 0.1) is 17.5 Å². The average Bonchev–Trinajstić information content (AvgIpc) is 3.11. The maximum Gasteiger partial charge on any atom is 0.412 e. The molecular formula is C38H43N5O6. The molecular weight excluding hydrogens is 622 g/mol. The van der Waals surface area contributed by atoms with Crippen LogP contribution in [0.4, 0.5) is 16.2 Å². The number of aliphatic hydroxyl groups is 1. The molecule has 4 aromatic rings. The van der Waals surface area contributed by atoms with Gasteiger partial charge >= 0.3 is 6.09 Å². The molecule has 11 nitrogen and oxygen atoms in total. The molecule has 49 heavy (non-hydrogen) atoms. The molecule has 3 amide bonds. The van der Waals surface area contributed by atoms with E-state index in [9.17, 15) is 24.6 Å². The second-order valence-corrected chi connectivity index (χ2v) is 12.4. The lowest BCUT2D eigenvalue weighted by Gasteiger charge is -2.38. The number of carbonyl (C=O) groups is 3. The van der Waals surface area contributed by atoms with E-state index in [1.165, 1.54) is 12.1 Å². The number of phenolic OH excluding ortho intramolecular Hbond substituents is 1. The van der Waals surface area contributed by atoms with Gasteiger partial charge in [-0.3, -0.25) is 14.9 Å². The Labute approximate surface area is 286 Å². The number of nitrogens with one attached hydrogen (secondary N) is 4. The summed E-state index contributed by atoms with van der Waals surface area (Å²) in [5.74, 6) is -0.232. The Balaban J connectivity index is 0.997. The van der Waals surface area contributed by atoms with Crippen LogP contribution >= 0.6 is 0 Å². The van der Waals surface area contributed by atoms with Crippen molar-refractivity contribution in [2.24, 2.45) is 0 Å². The van der Waals surface area contributed by atoms with Gasteiger partial charge in [0.15, 0.2) is 0 Å². The fraction of sp³-hybridized carbons (Fsp3) is 0.289. The van der Waals surface area contributed by atoms with E-state index in [1.807, 2.05) is 73.7 Å². The molecule has 0 radical (unpaired) electrons. The molecule has 4 aromatic carbocycles. The van der Waals surface area contributed by atoms with E-state index in [1.54, 1.807) is 18.2 Å². The topological polar surface area (TPSA) is 152 Å².